The molecule has 3 aromatic rings. The lowest BCUT2D eigenvalue weighted by atomic mass is 9.82. The van der Waals surface area contributed by atoms with Crippen molar-refractivity contribution in [1.29, 1.82) is 0 Å². The van der Waals surface area contributed by atoms with Crippen LogP contribution in [0, 0.1) is 5.92 Å². The highest BCUT2D eigenvalue weighted by Gasteiger charge is 2.66. The molecule has 0 radical (unpaired) electrons. The molecule has 2 aromatic carbocycles. The smallest absolute Gasteiger partial charge is 0.279 e. The molecule has 1 spiro atoms. The zero-order valence-electron chi connectivity index (χ0n) is 24.2. The predicted octanol–water partition coefficient (Wildman–Crippen LogP) is 3.02. The average molecular weight is 591 g/mol. The first kappa shape index (κ1) is 28.6. The minimum absolute atomic E-state index is 0.00941. The van der Waals surface area contributed by atoms with Gasteiger partial charge in [0.2, 0.25) is 5.91 Å². The van der Waals surface area contributed by atoms with Gasteiger partial charge < -0.3 is 24.4 Å². The fraction of sp³-hybridized carbons (Fsp3) is 0.452. The van der Waals surface area contributed by atoms with Crippen molar-refractivity contribution in [2.24, 2.45) is 5.92 Å². The number of ether oxygens (including phenoxy) is 1. The van der Waals surface area contributed by atoms with Gasteiger partial charge in [0.25, 0.3) is 11.5 Å². The lowest BCUT2D eigenvalue weighted by molar-refractivity contribution is -0.149. The monoisotopic (exact) mass is 590 g/mol. The van der Waals surface area contributed by atoms with E-state index in [9.17, 15) is 24.3 Å². The number of nitrogens with zero attached hydrogens (tertiary/aromatic N) is 3. The molecule has 3 N–H and O–H groups in total. The van der Waals surface area contributed by atoms with Crippen molar-refractivity contribution in [1.82, 2.24) is 14.7 Å². The van der Waals surface area contributed by atoms with Crippen LogP contribution in [0.1, 0.15) is 31.7 Å². The summed E-state index contributed by atoms with van der Waals surface area (Å²) >= 11 is 0. The van der Waals surface area contributed by atoms with Crippen molar-refractivity contribution in [3.05, 3.63) is 71.0 Å². The second-order valence-corrected chi connectivity index (χ2v) is 16.3. The number of rotatable bonds is 7. The molecule has 10 nitrogen and oxygen atoms in total. The Hall–Kier alpha value is -3.51. The fourth-order valence-corrected chi connectivity index (χ4v) is 10.2. The molecule has 0 unspecified atom stereocenters. The van der Waals surface area contributed by atoms with Gasteiger partial charge in [-0.25, -0.2) is 4.68 Å². The van der Waals surface area contributed by atoms with Crippen molar-refractivity contribution >= 4 is 36.7 Å². The quantitative estimate of drug-likeness (QED) is 0.287. The number of hydrogen-bond acceptors (Lipinski definition) is 6. The van der Waals surface area contributed by atoms with E-state index in [2.05, 4.69) is 11.7 Å². The van der Waals surface area contributed by atoms with Crippen LogP contribution >= 0.6 is 0 Å². The van der Waals surface area contributed by atoms with Crippen molar-refractivity contribution < 1.29 is 24.2 Å². The zero-order chi connectivity index (χ0) is 30.0. The van der Waals surface area contributed by atoms with Gasteiger partial charge in [-0.3, -0.25) is 19.5 Å². The van der Waals surface area contributed by atoms with Crippen LogP contribution in [0.15, 0.2) is 59.9 Å². The molecule has 222 valence electrons. The predicted molar refractivity (Wildman–Crippen MR) is 162 cm³/mol. The maximum atomic E-state index is 14.4. The zero-order valence-corrected chi connectivity index (χ0v) is 25.2. The highest BCUT2D eigenvalue weighted by Crippen LogP contribution is 2.59. The summed E-state index contributed by atoms with van der Waals surface area (Å²) in [5, 5.41) is 13.5. The number of H-pyrrole nitrogens is 1. The van der Waals surface area contributed by atoms with Gasteiger partial charge in [0.15, 0.2) is 13.9 Å². The number of nitrogens with one attached hydrogen (secondary N) is 1. The van der Waals surface area contributed by atoms with Gasteiger partial charge in [-0.05, 0) is 56.3 Å². The Labute approximate surface area is 245 Å². The number of carbonyl (C=O) groups is 2. The molecule has 42 heavy (non-hydrogen) atoms. The molecule has 6 rings (SSSR count). The van der Waals surface area contributed by atoms with E-state index in [1.165, 1.54) is 4.68 Å². The molecule has 5 atom stereocenters. The number of fused-ring (bicyclic) bond motifs is 3. The maximum Gasteiger partial charge on any atom is 0.279 e. The minimum Gasteiger partial charge on any atom is -0.432 e. The van der Waals surface area contributed by atoms with Crippen molar-refractivity contribution in [2.75, 3.05) is 24.6 Å². The summed E-state index contributed by atoms with van der Waals surface area (Å²) in [5.41, 5.74) is 0.437. The summed E-state index contributed by atoms with van der Waals surface area (Å²) < 4.78 is 8.26. The molecule has 11 heteroatoms. The third kappa shape index (κ3) is 4.21. The number of amides is 2. The molecule has 1 aromatic heterocycles. The first-order chi connectivity index (χ1) is 20.0. The summed E-state index contributed by atoms with van der Waals surface area (Å²) in [7, 11) is -2.97. The van der Waals surface area contributed by atoms with Gasteiger partial charge in [0.05, 0.1) is 47.5 Å². The van der Waals surface area contributed by atoms with Gasteiger partial charge in [-0.15, -0.1) is 6.58 Å². The van der Waals surface area contributed by atoms with Gasteiger partial charge in [0.1, 0.15) is 0 Å². The van der Waals surface area contributed by atoms with Crippen molar-refractivity contribution in [3.63, 3.8) is 0 Å². The molecule has 0 saturated carbocycles. The lowest BCUT2D eigenvalue weighted by Gasteiger charge is -2.32. The first-order valence-electron chi connectivity index (χ1n) is 14.6. The van der Waals surface area contributed by atoms with Gasteiger partial charge in [-0.1, -0.05) is 25.1 Å². The van der Waals surface area contributed by atoms with Crippen LogP contribution < -0.4 is 10.5 Å². The summed E-state index contributed by atoms with van der Waals surface area (Å²) in [4.78, 5) is 56.1. The molecule has 2 fully saturated rings. The normalized spacial score (nSPS) is 27.4. The number of carbonyl (C=O) groups excluding carboxylic acids is 2. The third-order valence-electron chi connectivity index (χ3n) is 9.41. The Morgan fingerprint density at radius 2 is 2.00 bits per heavy atom. The minimum atomic E-state index is -2.97. The van der Waals surface area contributed by atoms with Crippen LogP contribution in [0.5, 0.6) is 0 Å². The van der Waals surface area contributed by atoms with E-state index >= 15 is 0 Å². The Balaban J connectivity index is 1.46. The number of hydrogen-bond donors (Lipinski definition) is 3. The lowest BCUT2D eigenvalue weighted by Crippen LogP contribution is -2.46. The first-order valence-corrected chi connectivity index (χ1v) is 17.6. The Morgan fingerprint density at radius 1 is 1.24 bits per heavy atom. The van der Waals surface area contributed by atoms with E-state index in [1.54, 1.807) is 28.0 Å². The van der Waals surface area contributed by atoms with Crippen molar-refractivity contribution in [2.45, 2.75) is 62.6 Å². The molecular formula is C31H38N4O6Si. The number of para-hydroxylation sites is 1. The Bertz CT molecular complexity index is 1630. The molecule has 0 bridgehead atoms. The number of aromatic nitrogens is 2. The van der Waals surface area contributed by atoms with E-state index in [0.29, 0.717) is 34.4 Å². The van der Waals surface area contributed by atoms with Gasteiger partial charge >= 0.3 is 0 Å². The van der Waals surface area contributed by atoms with Crippen LogP contribution in [0.3, 0.4) is 0 Å². The van der Waals surface area contributed by atoms with E-state index in [0.717, 1.165) is 12.8 Å². The summed E-state index contributed by atoms with van der Waals surface area (Å²) in [6.45, 7) is 10.1. The Morgan fingerprint density at radius 3 is 2.69 bits per heavy atom. The van der Waals surface area contributed by atoms with Crippen molar-refractivity contribution in [3.8, 4) is 5.69 Å². The van der Waals surface area contributed by atoms with Crippen LogP contribution in [-0.4, -0.2) is 76.6 Å². The largest absolute Gasteiger partial charge is 0.432 e. The highest BCUT2D eigenvalue weighted by atomic mass is 28.4. The average Bonchev–Trinajstić information content (AvgIpc) is 3.69. The topological polar surface area (TPSA) is 128 Å². The standard InChI is InChI=1S/C31H38N4O6Si/c1-5-14-34-25-13-12-20(35-29(38)22-10-6-7-11-24(22)32-35)16-23(25)31(30(34)39)19(2)28(42(3,4)40)26(41-31)17-27(37)33-15-8-9-21(33)18-36/h5-7,10-13,16,19,21,26,28,32,36,40H,1,8-9,14-15,17-18H2,2-4H3/t19-,21-,26+,28-,31+/m0/s1. The molecule has 0 aliphatic carbocycles. The van der Waals surface area contributed by atoms with Gasteiger partial charge in [-0.2, -0.15) is 0 Å². The summed E-state index contributed by atoms with van der Waals surface area (Å²) in [6.07, 6.45) is 2.54. The number of benzene rings is 2. The SMILES string of the molecule is C=CCN1C(=O)[C@]2(O[C@H](CC(=O)N3CCC[C@H]3CO)[C@@H]([Si](C)(C)O)[C@@H]2C)c2cc(-n3[nH]c4ccccc4c3=O)ccc21. The number of aliphatic hydroxyl groups is 1. The Kier molecular flexibility index (Phi) is 7.04. The number of likely N-dealkylation sites (tertiary alicyclic amines) is 1. The number of aliphatic hydroxyl groups excluding tert-OH is 1. The summed E-state index contributed by atoms with van der Waals surface area (Å²) in [6, 6.07) is 12.5. The van der Waals surface area contributed by atoms with Crippen LogP contribution in [0.4, 0.5) is 5.69 Å². The molecular weight excluding hydrogens is 552 g/mol. The highest BCUT2D eigenvalue weighted by molar-refractivity contribution is 6.71. The van der Waals surface area contributed by atoms with Crippen LogP contribution in [0.25, 0.3) is 16.6 Å². The molecule has 2 saturated heterocycles. The van der Waals surface area contributed by atoms with Crippen LogP contribution in [-0.2, 0) is 19.9 Å². The molecule has 3 aliphatic rings. The van der Waals surface area contributed by atoms with E-state index in [4.69, 9.17) is 4.74 Å². The number of anilines is 1. The molecule has 4 heterocycles. The second-order valence-electron chi connectivity index (χ2n) is 12.3. The second kappa shape index (κ2) is 10.3. The van der Waals surface area contributed by atoms with E-state index < -0.39 is 31.5 Å². The number of aromatic amines is 1. The molecule has 3 aliphatic heterocycles. The van der Waals surface area contributed by atoms with E-state index in [1.807, 2.05) is 50.3 Å². The fourth-order valence-electron chi connectivity index (χ4n) is 7.60. The van der Waals surface area contributed by atoms with Gasteiger partial charge in [0, 0.05) is 30.1 Å². The van der Waals surface area contributed by atoms with E-state index in [-0.39, 0.29) is 43.0 Å². The third-order valence-corrected chi connectivity index (χ3v) is 11.9. The summed E-state index contributed by atoms with van der Waals surface area (Å²) in [5.74, 6) is -0.861. The van der Waals surface area contributed by atoms with Crippen LogP contribution in [0.2, 0.25) is 18.6 Å². The molecule has 2 amide bonds. The maximum absolute atomic E-state index is 14.4.